The van der Waals surface area contributed by atoms with Crippen LogP contribution in [0.15, 0.2) is 6.20 Å². The Bertz CT molecular complexity index is 334. The van der Waals surface area contributed by atoms with Crippen molar-refractivity contribution in [1.82, 2.24) is 9.97 Å². The molecule has 0 aliphatic heterocycles. The Morgan fingerprint density at radius 2 is 2.29 bits per heavy atom. The van der Waals surface area contributed by atoms with Crippen LogP contribution < -0.4 is 5.73 Å². The summed E-state index contributed by atoms with van der Waals surface area (Å²) in [6, 6.07) is 0. The van der Waals surface area contributed by atoms with E-state index in [0.717, 1.165) is 18.3 Å². The van der Waals surface area contributed by atoms with Crippen LogP contribution in [0.4, 0.5) is 0 Å². The first kappa shape index (κ1) is 8.48. The van der Waals surface area contributed by atoms with E-state index in [1.54, 1.807) is 0 Å². The minimum Gasteiger partial charge on any atom is -0.345 e. The van der Waals surface area contributed by atoms with Gasteiger partial charge in [-0.25, -0.2) is 4.98 Å². The van der Waals surface area contributed by atoms with E-state index in [9.17, 15) is 0 Å². The van der Waals surface area contributed by atoms with E-state index in [1.165, 1.54) is 37.8 Å². The van der Waals surface area contributed by atoms with Crippen molar-refractivity contribution in [3.05, 3.63) is 17.7 Å². The van der Waals surface area contributed by atoms with E-state index < -0.39 is 0 Å². The molecule has 1 aromatic rings. The molecular formula is C11H17N3. The summed E-state index contributed by atoms with van der Waals surface area (Å²) in [5.74, 6) is 1.90. The van der Waals surface area contributed by atoms with Crippen molar-refractivity contribution in [2.75, 3.05) is 6.54 Å². The molecule has 2 saturated carbocycles. The Morgan fingerprint density at radius 3 is 2.79 bits per heavy atom. The predicted molar refractivity (Wildman–Crippen MR) is 55.1 cm³/mol. The lowest BCUT2D eigenvalue weighted by Crippen LogP contribution is -2.21. The fourth-order valence-corrected chi connectivity index (χ4v) is 2.22. The smallest absolute Gasteiger partial charge is 0.113 e. The Labute approximate surface area is 84.1 Å². The number of nitrogens with one attached hydrogen (secondary N) is 1. The lowest BCUT2D eigenvalue weighted by molar-refractivity contribution is 0.411. The molecule has 0 radical (unpaired) electrons. The summed E-state index contributed by atoms with van der Waals surface area (Å²) in [4.78, 5) is 7.97. The monoisotopic (exact) mass is 191 g/mol. The molecule has 0 amide bonds. The van der Waals surface area contributed by atoms with Crippen LogP contribution in [0.2, 0.25) is 0 Å². The molecule has 0 saturated heterocycles. The molecular weight excluding hydrogens is 174 g/mol. The van der Waals surface area contributed by atoms with Gasteiger partial charge in [0.2, 0.25) is 0 Å². The van der Waals surface area contributed by atoms with Gasteiger partial charge in [-0.15, -0.1) is 0 Å². The van der Waals surface area contributed by atoms with Gasteiger partial charge in [-0.3, -0.25) is 0 Å². The summed E-state index contributed by atoms with van der Waals surface area (Å²) >= 11 is 0. The summed E-state index contributed by atoms with van der Waals surface area (Å²) in [5.41, 5.74) is 7.34. The molecule has 14 heavy (non-hydrogen) atoms. The summed E-state index contributed by atoms with van der Waals surface area (Å²) < 4.78 is 0. The molecule has 1 aromatic heterocycles. The topological polar surface area (TPSA) is 54.7 Å². The standard InChI is InChI=1S/C11H17N3/c12-7-11(4-5-11)10-13-6-9(14-10)8-2-1-3-8/h6,8H,1-5,7,12H2,(H,13,14). The Balaban J connectivity index is 1.83. The quantitative estimate of drug-likeness (QED) is 0.763. The molecule has 3 N–H and O–H groups in total. The normalized spacial score (nSPS) is 24.6. The first-order chi connectivity index (χ1) is 6.84. The van der Waals surface area contributed by atoms with E-state index in [2.05, 4.69) is 9.97 Å². The lowest BCUT2D eigenvalue weighted by atomic mass is 9.83. The molecule has 0 atom stereocenters. The summed E-state index contributed by atoms with van der Waals surface area (Å²) in [5, 5.41) is 0. The van der Waals surface area contributed by atoms with Gasteiger partial charge < -0.3 is 10.7 Å². The Hall–Kier alpha value is -0.830. The molecule has 2 aliphatic rings. The maximum Gasteiger partial charge on any atom is 0.113 e. The lowest BCUT2D eigenvalue weighted by Gasteiger charge is -2.23. The van der Waals surface area contributed by atoms with Crippen LogP contribution in [0.3, 0.4) is 0 Å². The van der Waals surface area contributed by atoms with E-state index in [1.807, 2.05) is 6.20 Å². The van der Waals surface area contributed by atoms with Crippen molar-refractivity contribution in [2.45, 2.75) is 43.4 Å². The van der Waals surface area contributed by atoms with Gasteiger partial charge in [0, 0.05) is 29.8 Å². The zero-order valence-electron chi connectivity index (χ0n) is 8.42. The third-order valence-corrected chi connectivity index (χ3v) is 3.89. The van der Waals surface area contributed by atoms with E-state index in [-0.39, 0.29) is 5.41 Å². The van der Waals surface area contributed by atoms with Crippen LogP contribution in [0.5, 0.6) is 0 Å². The number of aromatic amines is 1. The predicted octanol–water partition coefficient (Wildman–Crippen LogP) is 1.67. The van der Waals surface area contributed by atoms with Crippen molar-refractivity contribution < 1.29 is 0 Å². The van der Waals surface area contributed by atoms with Crippen molar-refractivity contribution in [3.8, 4) is 0 Å². The van der Waals surface area contributed by atoms with Gasteiger partial charge >= 0.3 is 0 Å². The maximum absolute atomic E-state index is 5.77. The third-order valence-electron chi connectivity index (χ3n) is 3.89. The largest absolute Gasteiger partial charge is 0.345 e. The second-order valence-corrected chi connectivity index (χ2v) is 4.80. The molecule has 1 heterocycles. The SMILES string of the molecule is NCC1(c2ncc(C3CCC3)[nH]2)CC1. The zero-order valence-corrected chi connectivity index (χ0v) is 8.42. The summed E-state index contributed by atoms with van der Waals surface area (Å²) in [7, 11) is 0. The maximum atomic E-state index is 5.77. The summed E-state index contributed by atoms with van der Waals surface area (Å²) in [6.07, 6.45) is 8.48. The van der Waals surface area contributed by atoms with Crippen LogP contribution in [0, 0.1) is 0 Å². The molecule has 0 spiro atoms. The van der Waals surface area contributed by atoms with Crippen LogP contribution in [0.25, 0.3) is 0 Å². The highest BCUT2D eigenvalue weighted by molar-refractivity contribution is 5.22. The fraction of sp³-hybridized carbons (Fsp3) is 0.727. The van der Waals surface area contributed by atoms with Crippen molar-refractivity contribution >= 4 is 0 Å². The average Bonchev–Trinajstić information content (AvgIpc) is 2.78. The van der Waals surface area contributed by atoms with Gasteiger partial charge in [-0.1, -0.05) is 6.42 Å². The molecule has 0 unspecified atom stereocenters. The number of hydrogen-bond donors (Lipinski definition) is 2. The minimum absolute atomic E-state index is 0.224. The van der Waals surface area contributed by atoms with E-state index >= 15 is 0 Å². The number of aromatic nitrogens is 2. The summed E-state index contributed by atoms with van der Waals surface area (Å²) in [6.45, 7) is 0.741. The van der Waals surface area contributed by atoms with Crippen molar-refractivity contribution in [2.24, 2.45) is 5.73 Å². The first-order valence-corrected chi connectivity index (χ1v) is 5.59. The highest BCUT2D eigenvalue weighted by Gasteiger charge is 2.45. The number of imidazole rings is 1. The van der Waals surface area contributed by atoms with Crippen molar-refractivity contribution in [3.63, 3.8) is 0 Å². The van der Waals surface area contributed by atoms with Gasteiger partial charge in [-0.2, -0.15) is 0 Å². The molecule has 0 bridgehead atoms. The van der Waals surface area contributed by atoms with Crippen LogP contribution in [0.1, 0.15) is 49.5 Å². The fourth-order valence-electron chi connectivity index (χ4n) is 2.22. The molecule has 3 rings (SSSR count). The molecule has 2 aliphatic carbocycles. The van der Waals surface area contributed by atoms with E-state index in [4.69, 9.17) is 5.73 Å². The number of nitrogens with zero attached hydrogens (tertiary/aromatic N) is 1. The van der Waals surface area contributed by atoms with Crippen LogP contribution >= 0.6 is 0 Å². The zero-order chi connectivity index (χ0) is 9.60. The molecule has 76 valence electrons. The van der Waals surface area contributed by atoms with Gasteiger partial charge in [0.1, 0.15) is 5.82 Å². The van der Waals surface area contributed by atoms with Crippen LogP contribution in [-0.2, 0) is 5.41 Å². The number of H-pyrrole nitrogens is 1. The Kier molecular flexibility index (Phi) is 1.71. The van der Waals surface area contributed by atoms with Gasteiger partial charge in [0.15, 0.2) is 0 Å². The molecule has 2 fully saturated rings. The highest BCUT2D eigenvalue weighted by atomic mass is 15.0. The number of hydrogen-bond acceptors (Lipinski definition) is 2. The molecule has 3 heteroatoms. The number of rotatable bonds is 3. The van der Waals surface area contributed by atoms with Gasteiger partial charge in [0.05, 0.1) is 0 Å². The molecule has 0 aromatic carbocycles. The number of nitrogens with two attached hydrogens (primary N) is 1. The average molecular weight is 191 g/mol. The third kappa shape index (κ3) is 1.12. The molecule has 3 nitrogen and oxygen atoms in total. The highest BCUT2D eigenvalue weighted by Crippen LogP contribution is 2.46. The van der Waals surface area contributed by atoms with Crippen molar-refractivity contribution in [1.29, 1.82) is 0 Å². The van der Waals surface area contributed by atoms with Crippen LogP contribution in [-0.4, -0.2) is 16.5 Å². The van der Waals surface area contributed by atoms with Gasteiger partial charge in [0.25, 0.3) is 0 Å². The second-order valence-electron chi connectivity index (χ2n) is 4.80. The first-order valence-electron chi connectivity index (χ1n) is 5.59. The van der Waals surface area contributed by atoms with E-state index in [0.29, 0.717) is 0 Å². The second kappa shape index (κ2) is 2.83. The Morgan fingerprint density at radius 1 is 1.50 bits per heavy atom. The minimum atomic E-state index is 0.224. The van der Waals surface area contributed by atoms with Gasteiger partial charge in [-0.05, 0) is 25.7 Å².